The second-order valence-corrected chi connectivity index (χ2v) is 5.52. The first-order chi connectivity index (χ1) is 8.64. The summed E-state index contributed by atoms with van der Waals surface area (Å²) in [6.45, 7) is 7.48. The zero-order chi connectivity index (χ0) is 13.0. The molecular formula is C14H24N4. The van der Waals surface area contributed by atoms with E-state index in [1.165, 1.54) is 25.7 Å². The molecule has 0 aliphatic heterocycles. The number of nitrogens with one attached hydrogen (secondary N) is 2. The van der Waals surface area contributed by atoms with Gasteiger partial charge in [0.2, 0.25) is 0 Å². The molecule has 1 aliphatic rings. The van der Waals surface area contributed by atoms with Crippen LogP contribution in [0.1, 0.15) is 51.5 Å². The zero-order valence-electron chi connectivity index (χ0n) is 11.7. The van der Waals surface area contributed by atoms with Crippen molar-refractivity contribution in [3.05, 3.63) is 11.9 Å². The van der Waals surface area contributed by atoms with Crippen molar-refractivity contribution < 1.29 is 0 Å². The molecule has 4 nitrogen and oxygen atoms in total. The number of rotatable bonds is 5. The molecule has 1 fully saturated rings. The molecule has 1 saturated carbocycles. The lowest BCUT2D eigenvalue weighted by Crippen LogP contribution is -2.31. The van der Waals surface area contributed by atoms with Gasteiger partial charge in [-0.1, -0.05) is 19.8 Å². The van der Waals surface area contributed by atoms with Gasteiger partial charge in [0, 0.05) is 17.6 Å². The van der Waals surface area contributed by atoms with Crippen molar-refractivity contribution in [2.45, 2.75) is 58.4 Å². The Morgan fingerprint density at radius 1 is 1.22 bits per heavy atom. The maximum absolute atomic E-state index is 4.39. The molecule has 0 bridgehead atoms. The van der Waals surface area contributed by atoms with Crippen LogP contribution in [0.15, 0.2) is 6.33 Å². The molecule has 2 N–H and O–H groups in total. The van der Waals surface area contributed by atoms with E-state index in [1.807, 2.05) is 0 Å². The molecule has 2 rings (SSSR count). The van der Waals surface area contributed by atoms with Gasteiger partial charge in [-0.2, -0.15) is 0 Å². The third kappa shape index (κ3) is 2.92. The molecule has 0 amide bonds. The number of hydrogen-bond acceptors (Lipinski definition) is 4. The Kier molecular flexibility index (Phi) is 4.04. The van der Waals surface area contributed by atoms with Gasteiger partial charge in [0.25, 0.3) is 0 Å². The molecule has 0 radical (unpaired) electrons. The summed E-state index contributed by atoms with van der Waals surface area (Å²) in [5.41, 5.74) is 1.33. The number of aromatic nitrogens is 2. The zero-order valence-corrected chi connectivity index (χ0v) is 11.7. The summed E-state index contributed by atoms with van der Waals surface area (Å²) in [6, 6.07) is 0. The Bertz CT molecular complexity index is 397. The summed E-state index contributed by atoms with van der Waals surface area (Å²) in [6.07, 6.45) is 7.83. The first kappa shape index (κ1) is 13.1. The van der Waals surface area contributed by atoms with Crippen LogP contribution < -0.4 is 10.6 Å². The standard InChI is InChI=1S/C14H24N4/c1-4-9-15-12-11(2)13(17-10-16-12)18-14(3)7-5-6-8-14/h10H,4-9H2,1-3H3,(H2,15,16,17,18). The van der Waals surface area contributed by atoms with Gasteiger partial charge in [-0.15, -0.1) is 0 Å². The molecule has 0 unspecified atom stereocenters. The number of anilines is 2. The summed E-state index contributed by atoms with van der Waals surface area (Å²) < 4.78 is 0. The van der Waals surface area contributed by atoms with Gasteiger partial charge < -0.3 is 10.6 Å². The molecule has 0 atom stereocenters. The van der Waals surface area contributed by atoms with E-state index in [9.17, 15) is 0 Å². The van der Waals surface area contributed by atoms with Gasteiger partial charge in [0.15, 0.2) is 0 Å². The second-order valence-electron chi connectivity index (χ2n) is 5.52. The third-order valence-corrected chi connectivity index (χ3v) is 3.75. The maximum atomic E-state index is 4.39. The Morgan fingerprint density at radius 3 is 2.56 bits per heavy atom. The highest BCUT2D eigenvalue weighted by atomic mass is 15.1. The van der Waals surface area contributed by atoms with Gasteiger partial charge in [0.1, 0.15) is 18.0 Å². The van der Waals surface area contributed by atoms with Crippen molar-refractivity contribution in [2.24, 2.45) is 0 Å². The predicted octanol–water partition coefficient (Wildman–Crippen LogP) is 3.35. The van der Waals surface area contributed by atoms with Crippen molar-refractivity contribution in [3.63, 3.8) is 0 Å². The first-order valence-electron chi connectivity index (χ1n) is 6.98. The average molecular weight is 248 g/mol. The minimum Gasteiger partial charge on any atom is -0.370 e. The van der Waals surface area contributed by atoms with Gasteiger partial charge >= 0.3 is 0 Å². The lowest BCUT2D eigenvalue weighted by Gasteiger charge is -2.27. The van der Waals surface area contributed by atoms with E-state index in [4.69, 9.17) is 0 Å². The maximum Gasteiger partial charge on any atom is 0.134 e. The smallest absolute Gasteiger partial charge is 0.134 e. The van der Waals surface area contributed by atoms with E-state index in [1.54, 1.807) is 6.33 Å². The monoisotopic (exact) mass is 248 g/mol. The van der Waals surface area contributed by atoms with E-state index in [0.29, 0.717) is 0 Å². The van der Waals surface area contributed by atoms with Crippen LogP contribution in [-0.2, 0) is 0 Å². The predicted molar refractivity (Wildman–Crippen MR) is 76.0 cm³/mol. The number of hydrogen-bond donors (Lipinski definition) is 2. The van der Waals surface area contributed by atoms with Crippen LogP contribution in [0, 0.1) is 6.92 Å². The van der Waals surface area contributed by atoms with Crippen LogP contribution in [0.2, 0.25) is 0 Å². The highest BCUT2D eigenvalue weighted by Crippen LogP contribution is 2.33. The summed E-state index contributed by atoms with van der Waals surface area (Å²) in [7, 11) is 0. The van der Waals surface area contributed by atoms with Gasteiger partial charge in [-0.05, 0) is 33.1 Å². The van der Waals surface area contributed by atoms with Crippen molar-refractivity contribution in [1.29, 1.82) is 0 Å². The third-order valence-electron chi connectivity index (χ3n) is 3.75. The van der Waals surface area contributed by atoms with Gasteiger partial charge in [0.05, 0.1) is 0 Å². The van der Waals surface area contributed by atoms with E-state index < -0.39 is 0 Å². The molecule has 1 heterocycles. The molecule has 1 aromatic heterocycles. The lowest BCUT2D eigenvalue weighted by molar-refractivity contribution is 0.530. The van der Waals surface area contributed by atoms with E-state index in [0.717, 1.165) is 30.2 Å². The average Bonchev–Trinajstić information content (AvgIpc) is 2.77. The minimum absolute atomic E-state index is 0.209. The summed E-state index contributed by atoms with van der Waals surface area (Å²) in [5.74, 6) is 1.93. The fraction of sp³-hybridized carbons (Fsp3) is 0.714. The first-order valence-corrected chi connectivity index (χ1v) is 6.98. The molecule has 100 valence electrons. The van der Waals surface area contributed by atoms with E-state index >= 15 is 0 Å². The number of nitrogens with zero attached hydrogens (tertiary/aromatic N) is 2. The normalized spacial score (nSPS) is 17.7. The Hall–Kier alpha value is -1.32. The highest BCUT2D eigenvalue weighted by Gasteiger charge is 2.29. The van der Waals surface area contributed by atoms with Crippen LogP contribution in [0.3, 0.4) is 0 Å². The Morgan fingerprint density at radius 2 is 1.89 bits per heavy atom. The van der Waals surface area contributed by atoms with Crippen LogP contribution in [0.4, 0.5) is 11.6 Å². The largest absolute Gasteiger partial charge is 0.370 e. The second kappa shape index (κ2) is 5.55. The van der Waals surface area contributed by atoms with Crippen molar-refractivity contribution in [3.8, 4) is 0 Å². The topological polar surface area (TPSA) is 49.8 Å². The molecule has 0 saturated heterocycles. The summed E-state index contributed by atoms with van der Waals surface area (Å²) in [5, 5.41) is 6.96. The SMILES string of the molecule is CCCNc1ncnc(NC2(C)CCCC2)c1C. The van der Waals surface area contributed by atoms with Crippen LogP contribution in [0.25, 0.3) is 0 Å². The van der Waals surface area contributed by atoms with Crippen molar-refractivity contribution in [1.82, 2.24) is 9.97 Å². The quantitative estimate of drug-likeness (QED) is 0.839. The molecule has 0 aromatic carbocycles. The van der Waals surface area contributed by atoms with Crippen LogP contribution in [-0.4, -0.2) is 22.1 Å². The molecule has 18 heavy (non-hydrogen) atoms. The molecule has 0 spiro atoms. The summed E-state index contributed by atoms with van der Waals surface area (Å²) in [4.78, 5) is 8.70. The molecule has 4 heteroatoms. The van der Waals surface area contributed by atoms with E-state index in [-0.39, 0.29) is 5.54 Å². The van der Waals surface area contributed by atoms with Crippen molar-refractivity contribution in [2.75, 3.05) is 17.2 Å². The minimum atomic E-state index is 0.209. The van der Waals surface area contributed by atoms with Gasteiger partial charge in [-0.3, -0.25) is 0 Å². The molecule has 1 aliphatic carbocycles. The van der Waals surface area contributed by atoms with Crippen molar-refractivity contribution >= 4 is 11.6 Å². The van der Waals surface area contributed by atoms with Gasteiger partial charge in [-0.25, -0.2) is 9.97 Å². The Balaban J connectivity index is 2.12. The fourth-order valence-electron chi connectivity index (χ4n) is 2.56. The lowest BCUT2D eigenvalue weighted by atomic mass is 10.0. The highest BCUT2D eigenvalue weighted by molar-refractivity contribution is 5.57. The van der Waals surface area contributed by atoms with E-state index in [2.05, 4.69) is 41.4 Å². The Labute approximate surface area is 110 Å². The van der Waals surface area contributed by atoms with Crippen LogP contribution in [0.5, 0.6) is 0 Å². The molecular weight excluding hydrogens is 224 g/mol. The van der Waals surface area contributed by atoms with Crippen LogP contribution >= 0.6 is 0 Å². The summed E-state index contributed by atoms with van der Waals surface area (Å²) >= 11 is 0. The fourth-order valence-corrected chi connectivity index (χ4v) is 2.56. The molecule has 1 aromatic rings.